The van der Waals surface area contributed by atoms with E-state index in [2.05, 4.69) is 54.0 Å². The quantitative estimate of drug-likeness (QED) is 0.730. The number of aromatic nitrogens is 3. The number of carbonyl (C=O) groups is 1. The summed E-state index contributed by atoms with van der Waals surface area (Å²) in [5.74, 6) is 1.04. The van der Waals surface area contributed by atoms with Crippen LogP contribution in [0.2, 0.25) is 0 Å². The van der Waals surface area contributed by atoms with E-state index < -0.39 is 0 Å². The van der Waals surface area contributed by atoms with Crippen molar-refractivity contribution < 1.29 is 4.79 Å². The number of carbonyl (C=O) groups excluding carboxylic acids is 1. The molecule has 0 saturated carbocycles. The standard InChI is InChI=1S/C20H23N5O/c1-4-16-12-19(25-18(22-16)5-6-21-25)23-7-8-24(20(26)13-23)17-10-14(2)9-15(3)11-17/h5-6,9-12H,4,7-8,13H2,1-3H3. The molecule has 0 N–H and O–H groups in total. The molecule has 26 heavy (non-hydrogen) atoms. The Morgan fingerprint density at radius 2 is 1.85 bits per heavy atom. The lowest BCUT2D eigenvalue weighted by Gasteiger charge is -2.35. The van der Waals surface area contributed by atoms with E-state index >= 15 is 0 Å². The van der Waals surface area contributed by atoms with Gasteiger partial charge in [0.05, 0.1) is 12.7 Å². The molecule has 0 aliphatic carbocycles. The summed E-state index contributed by atoms with van der Waals surface area (Å²) in [6, 6.07) is 10.2. The van der Waals surface area contributed by atoms with E-state index in [1.807, 2.05) is 21.5 Å². The Morgan fingerprint density at radius 1 is 1.08 bits per heavy atom. The highest BCUT2D eigenvalue weighted by Gasteiger charge is 2.27. The van der Waals surface area contributed by atoms with Crippen LogP contribution in [0, 0.1) is 13.8 Å². The van der Waals surface area contributed by atoms with Gasteiger partial charge < -0.3 is 9.80 Å². The van der Waals surface area contributed by atoms with Gasteiger partial charge in [-0.15, -0.1) is 0 Å². The summed E-state index contributed by atoms with van der Waals surface area (Å²) in [5, 5.41) is 4.38. The maximum absolute atomic E-state index is 12.9. The molecule has 3 aromatic rings. The summed E-state index contributed by atoms with van der Waals surface area (Å²) in [5.41, 5.74) is 5.17. The Bertz CT molecular complexity index is 957. The molecule has 0 unspecified atom stereocenters. The summed E-state index contributed by atoms with van der Waals surface area (Å²) >= 11 is 0. The number of hydrogen-bond acceptors (Lipinski definition) is 4. The molecule has 0 atom stereocenters. The topological polar surface area (TPSA) is 53.7 Å². The Labute approximate surface area is 153 Å². The van der Waals surface area contributed by atoms with E-state index in [1.165, 1.54) is 11.1 Å². The van der Waals surface area contributed by atoms with Crippen molar-refractivity contribution in [2.75, 3.05) is 29.4 Å². The second kappa shape index (κ2) is 6.44. The third-order valence-corrected chi connectivity index (χ3v) is 4.82. The lowest BCUT2D eigenvalue weighted by molar-refractivity contribution is -0.117. The van der Waals surface area contributed by atoms with Gasteiger partial charge in [0.25, 0.3) is 0 Å². The van der Waals surface area contributed by atoms with Crippen LogP contribution in [0.4, 0.5) is 11.5 Å². The fourth-order valence-corrected chi connectivity index (χ4v) is 3.60. The predicted octanol–water partition coefficient (Wildman–Crippen LogP) is 2.76. The van der Waals surface area contributed by atoms with Crippen molar-refractivity contribution in [3.8, 4) is 0 Å². The second-order valence-corrected chi connectivity index (χ2v) is 6.87. The number of anilines is 2. The van der Waals surface area contributed by atoms with Crippen LogP contribution >= 0.6 is 0 Å². The van der Waals surface area contributed by atoms with Gasteiger partial charge in [0.15, 0.2) is 5.65 Å². The minimum absolute atomic E-state index is 0.108. The maximum atomic E-state index is 12.9. The molecule has 0 bridgehead atoms. The Balaban J connectivity index is 1.63. The van der Waals surface area contributed by atoms with Crippen LogP contribution in [0.5, 0.6) is 0 Å². The molecule has 6 heteroatoms. The molecule has 4 rings (SSSR count). The highest BCUT2D eigenvalue weighted by Crippen LogP contribution is 2.24. The summed E-state index contributed by atoms with van der Waals surface area (Å²) in [6.07, 6.45) is 2.60. The SMILES string of the molecule is CCc1cc(N2CCN(c3cc(C)cc(C)c3)C(=O)C2)n2nccc2n1. The summed E-state index contributed by atoms with van der Waals surface area (Å²) < 4.78 is 1.82. The van der Waals surface area contributed by atoms with Crippen LogP contribution in [0.25, 0.3) is 5.65 Å². The molecular formula is C20H23N5O. The van der Waals surface area contributed by atoms with Crippen molar-refractivity contribution in [3.05, 3.63) is 53.3 Å². The highest BCUT2D eigenvalue weighted by atomic mass is 16.2. The third kappa shape index (κ3) is 2.92. The fourth-order valence-electron chi connectivity index (χ4n) is 3.60. The number of fused-ring (bicyclic) bond motifs is 1. The van der Waals surface area contributed by atoms with Gasteiger partial charge in [0.1, 0.15) is 5.82 Å². The first kappa shape index (κ1) is 16.6. The van der Waals surface area contributed by atoms with Crippen LogP contribution < -0.4 is 9.80 Å². The fraction of sp³-hybridized carbons (Fsp3) is 0.350. The zero-order valence-corrected chi connectivity index (χ0v) is 15.4. The van der Waals surface area contributed by atoms with Gasteiger partial charge >= 0.3 is 0 Å². The van der Waals surface area contributed by atoms with Crippen molar-refractivity contribution in [1.82, 2.24) is 14.6 Å². The molecule has 3 heterocycles. The number of rotatable bonds is 3. The van der Waals surface area contributed by atoms with Crippen LogP contribution in [-0.4, -0.2) is 40.1 Å². The highest BCUT2D eigenvalue weighted by molar-refractivity contribution is 5.97. The van der Waals surface area contributed by atoms with Gasteiger partial charge in [0.2, 0.25) is 5.91 Å². The van der Waals surface area contributed by atoms with Gasteiger partial charge in [-0.2, -0.15) is 9.61 Å². The Morgan fingerprint density at radius 3 is 2.54 bits per heavy atom. The van der Waals surface area contributed by atoms with Gasteiger partial charge in [-0.25, -0.2) is 4.98 Å². The van der Waals surface area contributed by atoms with Crippen molar-refractivity contribution in [2.45, 2.75) is 27.2 Å². The number of nitrogens with zero attached hydrogens (tertiary/aromatic N) is 5. The molecule has 1 aliphatic rings. The van der Waals surface area contributed by atoms with E-state index in [-0.39, 0.29) is 5.91 Å². The van der Waals surface area contributed by atoms with E-state index in [1.54, 1.807) is 6.20 Å². The number of amides is 1. The molecule has 1 aromatic carbocycles. The molecule has 1 amide bonds. The molecule has 1 aliphatic heterocycles. The lowest BCUT2D eigenvalue weighted by Crippen LogP contribution is -2.51. The molecule has 1 saturated heterocycles. The van der Waals surface area contributed by atoms with Gasteiger partial charge in [-0.05, 0) is 43.5 Å². The number of hydrogen-bond donors (Lipinski definition) is 0. The van der Waals surface area contributed by atoms with Gasteiger partial charge in [0, 0.05) is 36.6 Å². The summed E-state index contributed by atoms with van der Waals surface area (Å²) in [6.45, 7) is 7.98. The molecule has 134 valence electrons. The van der Waals surface area contributed by atoms with Crippen LogP contribution in [-0.2, 0) is 11.2 Å². The van der Waals surface area contributed by atoms with Gasteiger partial charge in [-0.3, -0.25) is 4.79 Å². The van der Waals surface area contributed by atoms with Crippen molar-refractivity contribution in [1.29, 1.82) is 0 Å². The molecule has 6 nitrogen and oxygen atoms in total. The van der Waals surface area contributed by atoms with Crippen molar-refractivity contribution in [2.24, 2.45) is 0 Å². The zero-order chi connectivity index (χ0) is 18.3. The van der Waals surface area contributed by atoms with Crippen LogP contribution in [0.1, 0.15) is 23.7 Å². The minimum Gasteiger partial charge on any atom is -0.345 e. The average molecular weight is 349 g/mol. The number of benzene rings is 1. The largest absolute Gasteiger partial charge is 0.345 e. The van der Waals surface area contributed by atoms with Gasteiger partial charge in [-0.1, -0.05) is 13.0 Å². The van der Waals surface area contributed by atoms with Crippen LogP contribution in [0.15, 0.2) is 36.5 Å². The maximum Gasteiger partial charge on any atom is 0.246 e. The van der Waals surface area contributed by atoms with E-state index in [9.17, 15) is 4.79 Å². The second-order valence-electron chi connectivity index (χ2n) is 6.87. The van der Waals surface area contributed by atoms with Crippen LogP contribution in [0.3, 0.4) is 0 Å². The first-order valence-electron chi connectivity index (χ1n) is 9.02. The molecule has 0 radical (unpaired) electrons. The predicted molar refractivity (Wildman–Crippen MR) is 103 cm³/mol. The number of aryl methyl sites for hydroxylation is 3. The normalized spacial score (nSPS) is 15.1. The smallest absolute Gasteiger partial charge is 0.246 e. The Kier molecular flexibility index (Phi) is 4.11. The van der Waals surface area contributed by atoms with E-state index in [0.29, 0.717) is 13.1 Å². The summed E-state index contributed by atoms with van der Waals surface area (Å²) in [7, 11) is 0. The molecular weight excluding hydrogens is 326 g/mol. The Hall–Kier alpha value is -2.89. The lowest BCUT2D eigenvalue weighted by atomic mass is 10.1. The first-order valence-corrected chi connectivity index (χ1v) is 9.02. The minimum atomic E-state index is 0.108. The number of piperazine rings is 1. The van der Waals surface area contributed by atoms with Crippen molar-refractivity contribution in [3.63, 3.8) is 0 Å². The first-order chi connectivity index (χ1) is 12.5. The monoisotopic (exact) mass is 349 g/mol. The molecule has 1 fully saturated rings. The molecule has 0 spiro atoms. The van der Waals surface area contributed by atoms with Crippen molar-refractivity contribution >= 4 is 23.1 Å². The zero-order valence-electron chi connectivity index (χ0n) is 15.4. The summed E-state index contributed by atoms with van der Waals surface area (Å²) in [4.78, 5) is 21.4. The third-order valence-electron chi connectivity index (χ3n) is 4.82. The van der Waals surface area contributed by atoms with E-state index in [4.69, 9.17) is 0 Å². The molecule has 2 aromatic heterocycles. The van der Waals surface area contributed by atoms with E-state index in [0.717, 1.165) is 35.8 Å². The average Bonchev–Trinajstić information content (AvgIpc) is 3.08.